The van der Waals surface area contributed by atoms with Gasteiger partial charge in [-0.1, -0.05) is 18.6 Å². The van der Waals surface area contributed by atoms with Crippen LogP contribution in [0.15, 0.2) is 47.3 Å². The monoisotopic (exact) mass is 480 g/mol. The summed E-state index contributed by atoms with van der Waals surface area (Å²) in [6.45, 7) is 0.963. The molecule has 8 nitrogen and oxygen atoms in total. The molecular weight excluding hydrogens is 452 g/mol. The lowest BCUT2D eigenvalue weighted by atomic mass is 10.1. The van der Waals surface area contributed by atoms with E-state index in [0.29, 0.717) is 41.1 Å². The number of hydrogen-bond donors (Lipinski definition) is 3. The largest absolute Gasteiger partial charge is 0.497 e. The molecular formula is C25H28N4O4S. The molecule has 0 bridgehead atoms. The Morgan fingerprint density at radius 3 is 2.59 bits per heavy atom. The summed E-state index contributed by atoms with van der Waals surface area (Å²) in [6, 6.07) is 13.2. The van der Waals surface area contributed by atoms with Crippen molar-refractivity contribution < 1.29 is 14.3 Å². The van der Waals surface area contributed by atoms with Crippen molar-refractivity contribution in [3.8, 4) is 11.5 Å². The Bertz CT molecular complexity index is 1440. The quantitative estimate of drug-likeness (QED) is 0.230. The number of benzene rings is 2. The van der Waals surface area contributed by atoms with Crippen LogP contribution in [-0.4, -0.2) is 34.7 Å². The number of nitrogens with one attached hydrogen (secondary N) is 3. The smallest absolute Gasteiger partial charge is 0.278 e. The van der Waals surface area contributed by atoms with Crippen molar-refractivity contribution >= 4 is 40.1 Å². The van der Waals surface area contributed by atoms with Gasteiger partial charge < -0.3 is 24.8 Å². The molecule has 0 saturated carbocycles. The number of methoxy groups -OCH3 is 2. The molecule has 2 heterocycles. The first-order valence-electron chi connectivity index (χ1n) is 11.2. The van der Waals surface area contributed by atoms with Crippen LogP contribution in [0.5, 0.6) is 11.5 Å². The molecule has 34 heavy (non-hydrogen) atoms. The summed E-state index contributed by atoms with van der Waals surface area (Å²) in [7, 11) is 3.23. The number of nitrogens with zero attached hydrogens (tertiary/aromatic N) is 1. The Kier molecular flexibility index (Phi) is 7.32. The summed E-state index contributed by atoms with van der Waals surface area (Å²) in [5, 5.41) is 3.80. The van der Waals surface area contributed by atoms with E-state index < -0.39 is 0 Å². The zero-order valence-corrected chi connectivity index (χ0v) is 20.1. The van der Waals surface area contributed by atoms with E-state index in [9.17, 15) is 9.59 Å². The maximum absolute atomic E-state index is 13.1. The average molecular weight is 481 g/mol. The molecule has 3 N–H and O–H groups in total. The lowest BCUT2D eigenvalue weighted by molar-refractivity contribution is -0.121. The minimum Gasteiger partial charge on any atom is -0.497 e. The van der Waals surface area contributed by atoms with E-state index in [1.807, 2.05) is 42.5 Å². The Morgan fingerprint density at radius 2 is 1.79 bits per heavy atom. The highest BCUT2D eigenvalue weighted by molar-refractivity contribution is 7.71. The summed E-state index contributed by atoms with van der Waals surface area (Å²) in [6.07, 6.45) is 2.74. The minimum absolute atomic E-state index is 0.00667. The summed E-state index contributed by atoms with van der Waals surface area (Å²) >= 11 is 5.46. The Labute approximate surface area is 201 Å². The van der Waals surface area contributed by atoms with E-state index in [1.165, 1.54) is 0 Å². The van der Waals surface area contributed by atoms with E-state index in [-0.39, 0.29) is 11.5 Å². The topological polar surface area (TPSA) is 101 Å². The van der Waals surface area contributed by atoms with Gasteiger partial charge in [-0.3, -0.25) is 14.2 Å². The lowest BCUT2D eigenvalue weighted by Crippen LogP contribution is -2.23. The number of fused-ring (bicyclic) bond motifs is 3. The number of unbranched alkanes of at least 4 members (excludes halogenated alkanes) is 2. The lowest BCUT2D eigenvalue weighted by Gasteiger charge is -2.08. The summed E-state index contributed by atoms with van der Waals surface area (Å²) in [5.74, 6) is 1.49. The fraction of sp³-hybridized carbons (Fsp3) is 0.320. The van der Waals surface area contributed by atoms with Crippen LogP contribution in [0.4, 0.5) is 0 Å². The summed E-state index contributed by atoms with van der Waals surface area (Å²) in [4.78, 5) is 31.6. The van der Waals surface area contributed by atoms with Crippen molar-refractivity contribution in [3.63, 3.8) is 0 Å². The van der Waals surface area contributed by atoms with Crippen LogP contribution in [0.25, 0.3) is 21.9 Å². The number of carbonyl (C=O) groups excluding carboxylic acids is 1. The molecule has 0 atom stereocenters. The third kappa shape index (κ3) is 5.14. The first kappa shape index (κ1) is 23.6. The third-order valence-corrected chi connectivity index (χ3v) is 6.17. The van der Waals surface area contributed by atoms with Crippen LogP contribution in [0, 0.1) is 4.77 Å². The summed E-state index contributed by atoms with van der Waals surface area (Å²) in [5.41, 5.74) is 2.87. The van der Waals surface area contributed by atoms with Crippen LogP contribution in [0.1, 0.15) is 31.2 Å². The van der Waals surface area contributed by atoms with Crippen LogP contribution in [-0.2, 0) is 17.9 Å². The zero-order chi connectivity index (χ0) is 24.1. The number of aromatic amines is 2. The molecule has 1 amide bonds. The van der Waals surface area contributed by atoms with Crippen molar-refractivity contribution in [2.24, 2.45) is 0 Å². The molecule has 4 rings (SSSR count). The Morgan fingerprint density at radius 1 is 1.00 bits per heavy atom. The second-order valence-corrected chi connectivity index (χ2v) is 8.50. The second-order valence-electron chi connectivity index (χ2n) is 8.11. The van der Waals surface area contributed by atoms with Gasteiger partial charge in [-0.2, -0.15) is 0 Å². The molecule has 9 heteroatoms. The van der Waals surface area contributed by atoms with Gasteiger partial charge >= 0.3 is 0 Å². The number of carbonyl (C=O) groups is 1. The molecule has 0 aliphatic rings. The maximum atomic E-state index is 13.1. The number of rotatable bonds is 10. The molecule has 0 aliphatic carbocycles. The number of ether oxygens (including phenoxy) is 2. The van der Waals surface area contributed by atoms with E-state index >= 15 is 0 Å². The molecule has 0 spiro atoms. The van der Waals surface area contributed by atoms with Gasteiger partial charge in [0.05, 0.1) is 19.7 Å². The molecule has 0 aliphatic heterocycles. The first-order valence-corrected chi connectivity index (χ1v) is 11.6. The van der Waals surface area contributed by atoms with E-state index in [0.717, 1.165) is 41.5 Å². The van der Waals surface area contributed by atoms with Crippen molar-refractivity contribution in [1.82, 2.24) is 19.9 Å². The van der Waals surface area contributed by atoms with Crippen LogP contribution >= 0.6 is 12.2 Å². The van der Waals surface area contributed by atoms with Gasteiger partial charge in [0.2, 0.25) is 5.91 Å². The van der Waals surface area contributed by atoms with E-state index in [1.54, 1.807) is 18.8 Å². The first-order chi connectivity index (χ1) is 16.5. The molecule has 0 unspecified atom stereocenters. The van der Waals surface area contributed by atoms with Crippen molar-refractivity contribution in [2.45, 2.75) is 38.8 Å². The van der Waals surface area contributed by atoms with Gasteiger partial charge in [0, 0.05) is 30.4 Å². The third-order valence-electron chi connectivity index (χ3n) is 5.85. The van der Waals surface area contributed by atoms with Crippen LogP contribution < -0.4 is 20.3 Å². The number of hydrogen-bond acceptors (Lipinski definition) is 5. The highest BCUT2D eigenvalue weighted by Gasteiger charge is 2.12. The van der Waals surface area contributed by atoms with Gasteiger partial charge in [-0.25, -0.2) is 0 Å². The molecule has 0 radical (unpaired) electrons. The number of H-pyrrole nitrogens is 2. The summed E-state index contributed by atoms with van der Waals surface area (Å²) < 4.78 is 12.5. The fourth-order valence-corrected chi connectivity index (χ4v) is 4.27. The molecule has 2 aromatic carbocycles. The highest BCUT2D eigenvalue weighted by Crippen LogP contribution is 2.26. The van der Waals surface area contributed by atoms with E-state index in [2.05, 4.69) is 15.3 Å². The standard InChI is InChI=1S/C25H28N4O4S/c1-32-17-8-6-7-16(13-17)15-26-21(30)9-4-3-5-12-29-24(31)23-22(28-25(29)34)19-14-18(33-2)10-11-20(19)27-23/h6-8,10-11,13-14,27H,3-5,9,12,15H2,1-2H3,(H,26,30)(H,28,34). The van der Waals surface area contributed by atoms with Crippen molar-refractivity contribution in [1.29, 1.82) is 0 Å². The van der Waals surface area contributed by atoms with Crippen molar-refractivity contribution in [3.05, 3.63) is 63.2 Å². The second kappa shape index (κ2) is 10.6. The normalized spacial score (nSPS) is 11.1. The maximum Gasteiger partial charge on any atom is 0.278 e. The fourth-order valence-electron chi connectivity index (χ4n) is 4.00. The van der Waals surface area contributed by atoms with Gasteiger partial charge in [-0.15, -0.1) is 0 Å². The number of amides is 1. The van der Waals surface area contributed by atoms with Gasteiger partial charge in [0.25, 0.3) is 5.56 Å². The molecule has 0 saturated heterocycles. The Balaban J connectivity index is 1.31. The molecule has 0 fully saturated rings. The highest BCUT2D eigenvalue weighted by atomic mass is 32.1. The predicted octanol–water partition coefficient (Wildman–Crippen LogP) is 4.43. The minimum atomic E-state index is -0.148. The number of aromatic nitrogens is 3. The van der Waals surface area contributed by atoms with Gasteiger partial charge in [0.1, 0.15) is 17.0 Å². The van der Waals surface area contributed by atoms with E-state index in [4.69, 9.17) is 21.7 Å². The Hall–Kier alpha value is -3.59. The van der Waals surface area contributed by atoms with Crippen molar-refractivity contribution in [2.75, 3.05) is 14.2 Å². The van der Waals surface area contributed by atoms with Crippen LogP contribution in [0.3, 0.4) is 0 Å². The molecule has 4 aromatic rings. The average Bonchev–Trinajstić information content (AvgIpc) is 3.22. The predicted molar refractivity (Wildman–Crippen MR) is 135 cm³/mol. The van der Waals surface area contributed by atoms with Gasteiger partial charge in [0.15, 0.2) is 4.77 Å². The van der Waals surface area contributed by atoms with Gasteiger partial charge in [-0.05, 0) is 61.0 Å². The SMILES string of the molecule is COc1cccc(CNC(=O)CCCCCn2c(=S)[nH]c3c([nH]c4ccc(OC)cc43)c2=O)c1. The van der Waals surface area contributed by atoms with Crippen LogP contribution in [0.2, 0.25) is 0 Å². The zero-order valence-electron chi connectivity index (χ0n) is 19.3. The molecule has 2 aromatic heterocycles. The molecule has 178 valence electrons.